The highest BCUT2D eigenvalue weighted by Gasteiger charge is 2.30. The predicted molar refractivity (Wildman–Crippen MR) is 73.7 cm³/mol. The zero-order valence-corrected chi connectivity index (χ0v) is 11.6. The fraction of sp³-hybridized carbons (Fsp3) is 0.500. The van der Waals surface area contributed by atoms with E-state index < -0.39 is 0 Å². The first kappa shape index (κ1) is 14.1. The quantitative estimate of drug-likeness (QED) is 0.816. The van der Waals surface area contributed by atoms with Crippen LogP contribution in [0.25, 0.3) is 0 Å². The van der Waals surface area contributed by atoms with Crippen LogP contribution in [-0.2, 0) is 16.1 Å². The maximum atomic E-state index is 11.9. The topological polar surface area (TPSA) is 58.6 Å². The zero-order chi connectivity index (χ0) is 13.7. The second kappa shape index (κ2) is 6.71. The van der Waals surface area contributed by atoms with Gasteiger partial charge in [-0.05, 0) is 24.5 Å². The molecule has 2 heterocycles. The second-order valence-electron chi connectivity index (χ2n) is 4.50. The van der Waals surface area contributed by atoms with Crippen LogP contribution in [0.15, 0.2) is 12.1 Å². The van der Waals surface area contributed by atoms with Crippen LogP contribution in [0.5, 0.6) is 0 Å². The summed E-state index contributed by atoms with van der Waals surface area (Å²) in [7, 11) is 0. The highest BCUT2D eigenvalue weighted by Crippen LogP contribution is 2.20. The summed E-state index contributed by atoms with van der Waals surface area (Å²) in [5.74, 6) is 5.69. The minimum absolute atomic E-state index is 0.0404. The maximum absolute atomic E-state index is 11.9. The van der Waals surface area contributed by atoms with E-state index >= 15 is 0 Å². The van der Waals surface area contributed by atoms with E-state index in [1.165, 1.54) is 11.3 Å². The van der Waals surface area contributed by atoms with E-state index in [0.717, 1.165) is 16.2 Å². The Labute approximate surface area is 116 Å². The number of nitrogens with one attached hydrogen (secondary N) is 1. The lowest BCUT2D eigenvalue weighted by Gasteiger charge is -2.13. The van der Waals surface area contributed by atoms with Gasteiger partial charge in [0.1, 0.15) is 12.7 Å². The highest BCUT2D eigenvalue weighted by atomic mass is 32.1. The molecule has 0 saturated carbocycles. The number of rotatable bonds is 3. The van der Waals surface area contributed by atoms with Crippen molar-refractivity contribution in [3.63, 3.8) is 0 Å². The summed E-state index contributed by atoms with van der Waals surface area (Å²) in [5, 5.41) is 11.5. The lowest BCUT2D eigenvalue weighted by molar-refractivity contribution is -0.131. The number of hydrogen-bond acceptors (Lipinski definition) is 4. The van der Waals surface area contributed by atoms with E-state index in [1.807, 2.05) is 19.1 Å². The Kier molecular flexibility index (Phi) is 4.97. The molecule has 2 atom stereocenters. The molecule has 0 spiro atoms. The van der Waals surface area contributed by atoms with Crippen LogP contribution >= 0.6 is 11.3 Å². The van der Waals surface area contributed by atoms with Crippen molar-refractivity contribution in [1.29, 1.82) is 0 Å². The third-order valence-corrected chi connectivity index (χ3v) is 4.04. The molecule has 2 N–H and O–H groups in total. The molecule has 19 heavy (non-hydrogen) atoms. The summed E-state index contributed by atoms with van der Waals surface area (Å²) in [5.41, 5.74) is 0. The van der Waals surface area contributed by atoms with E-state index in [9.17, 15) is 4.79 Å². The minimum atomic E-state index is -0.311. The first-order valence-electron chi connectivity index (χ1n) is 6.28. The molecule has 4 nitrogen and oxygen atoms in total. The molecular formula is C14H17NO3S. The van der Waals surface area contributed by atoms with Crippen LogP contribution in [0.4, 0.5) is 0 Å². The fourth-order valence-electron chi connectivity index (χ4n) is 1.97. The Morgan fingerprint density at radius 3 is 3.16 bits per heavy atom. The molecule has 0 radical (unpaired) electrons. The summed E-state index contributed by atoms with van der Waals surface area (Å²) < 4.78 is 5.41. The first-order chi connectivity index (χ1) is 9.20. The van der Waals surface area contributed by atoms with Gasteiger partial charge in [-0.3, -0.25) is 4.79 Å². The van der Waals surface area contributed by atoms with Gasteiger partial charge in [0.2, 0.25) is 5.91 Å². The van der Waals surface area contributed by atoms with Gasteiger partial charge in [0.25, 0.3) is 0 Å². The summed E-state index contributed by atoms with van der Waals surface area (Å²) in [6.07, 6.45) is 0.631. The van der Waals surface area contributed by atoms with Crippen LogP contribution in [0.1, 0.15) is 23.1 Å². The summed E-state index contributed by atoms with van der Waals surface area (Å²) >= 11 is 1.52. The van der Waals surface area contributed by atoms with Crippen molar-refractivity contribution in [3.8, 4) is 11.8 Å². The largest absolute Gasteiger partial charge is 0.384 e. The Balaban J connectivity index is 1.85. The van der Waals surface area contributed by atoms with Crippen LogP contribution in [0.3, 0.4) is 0 Å². The molecule has 1 aromatic heterocycles. The molecule has 1 amide bonds. The predicted octanol–water partition coefficient (Wildman–Crippen LogP) is 1.13. The van der Waals surface area contributed by atoms with Gasteiger partial charge in [-0.2, -0.15) is 0 Å². The molecular weight excluding hydrogens is 262 g/mol. The molecule has 102 valence electrons. The molecule has 1 fully saturated rings. The Bertz CT molecular complexity index is 500. The second-order valence-corrected chi connectivity index (χ2v) is 5.67. The molecule has 2 rings (SSSR count). The Hall–Kier alpha value is -1.35. The van der Waals surface area contributed by atoms with Crippen molar-refractivity contribution in [3.05, 3.63) is 21.9 Å². The van der Waals surface area contributed by atoms with Crippen LogP contribution in [0.2, 0.25) is 0 Å². The van der Waals surface area contributed by atoms with Gasteiger partial charge in [-0.15, -0.1) is 11.3 Å². The molecule has 1 saturated heterocycles. The smallest absolute Gasteiger partial charge is 0.249 e. The average molecular weight is 279 g/mol. The monoisotopic (exact) mass is 279 g/mol. The summed E-state index contributed by atoms with van der Waals surface area (Å²) in [6, 6.07) is 3.83. The molecule has 1 aromatic rings. The van der Waals surface area contributed by atoms with E-state index in [4.69, 9.17) is 9.84 Å². The molecule has 0 aromatic carbocycles. The number of carbonyl (C=O) groups excluding carboxylic acids is 1. The number of hydrogen-bond donors (Lipinski definition) is 2. The van der Waals surface area contributed by atoms with Gasteiger partial charge >= 0.3 is 0 Å². The molecule has 0 aliphatic carbocycles. The average Bonchev–Trinajstić information content (AvgIpc) is 3.02. The maximum Gasteiger partial charge on any atom is 0.249 e. The van der Waals surface area contributed by atoms with E-state index in [-0.39, 0.29) is 24.5 Å². The number of aliphatic hydroxyl groups excluding tert-OH is 1. The lowest BCUT2D eigenvalue weighted by atomic mass is 10.0. The molecule has 5 heteroatoms. The first-order valence-corrected chi connectivity index (χ1v) is 7.10. The van der Waals surface area contributed by atoms with Crippen molar-refractivity contribution in [2.45, 2.75) is 26.0 Å². The normalized spacial score (nSPS) is 21.8. The molecule has 2 unspecified atom stereocenters. The van der Waals surface area contributed by atoms with Crippen LogP contribution in [-0.4, -0.2) is 30.3 Å². The third-order valence-electron chi connectivity index (χ3n) is 3.03. The fourth-order valence-corrected chi connectivity index (χ4v) is 2.79. The highest BCUT2D eigenvalue weighted by molar-refractivity contribution is 7.12. The van der Waals surface area contributed by atoms with Gasteiger partial charge in [0.15, 0.2) is 0 Å². The number of amides is 1. The summed E-state index contributed by atoms with van der Waals surface area (Å²) in [6.45, 7) is 3.06. The third kappa shape index (κ3) is 3.80. The number of thiophene rings is 1. The SMILES string of the molecule is CC1CCOC1C(=O)NCc1ccc(C#CCO)s1. The van der Waals surface area contributed by atoms with E-state index in [2.05, 4.69) is 17.2 Å². The summed E-state index contributed by atoms with van der Waals surface area (Å²) in [4.78, 5) is 13.9. The lowest BCUT2D eigenvalue weighted by Crippen LogP contribution is -2.36. The Morgan fingerprint density at radius 1 is 1.63 bits per heavy atom. The molecule has 1 aliphatic rings. The van der Waals surface area contributed by atoms with Crippen molar-refractivity contribution >= 4 is 17.2 Å². The zero-order valence-electron chi connectivity index (χ0n) is 10.8. The molecule has 0 bridgehead atoms. The number of carbonyl (C=O) groups is 1. The van der Waals surface area contributed by atoms with Gasteiger partial charge in [-0.25, -0.2) is 0 Å². The van der Waals surface area contributed by atoms with Gasteiger partial charge in [0.05, 0.1) is 11.4 Å². The van der Waals surface area contributed by atoms with E-state index in [1.54, 1.807) is 0 Å². The van der Waals surface area contributed by atoms with Crippen molar-refractivity contribution < 1.29 is 14.6 Å². The Morgan fingerprint density at radius 2 is 2.47 bits per heavy atom. The van der Waals surface area contributed by atoms with Crippen molar-refractivity contribution in [2.24, 2.45) is 5.92 Å². The van der Waals surface area contributed by atoms with Crippen LogP contribution in [0, 0.1) is 17.8 Å². The van der Waals surface area contributed by atoms with Gasteiger partial charge in [-0.1, -0.05) is 18.8 Å². The molecule has 1 aliphatic heterocycles. The van der Waals surface area contributed by atoms with Crippen LogP contribution < -0.4 is 5.32 Å². The standard InChI is InChI=1S/C14H17NO3S/c1-10-6-8-18-13(10)14(17)15-9-12-5-4-11(19-12)3-2-7-16/h4-5,10,13,16H,6-9H2,1H3,(H,15,17). The number of ether oxygens (including phenoxy) is 1. The van der Waals surface area contributed by atoms with Gasteiger partial charge < -0.3 is 15.2 Å². The van der Waals surface area contributed by atoms with Gasteiger partial charge in [0, 0.05) is 11.5 Å². The van der Waals surface area contributed by atoms with Crippen molar-refractivity contribution in [1.82, 2.24) is 5.32 Å². The number of aliphatic hydroxyl groups is 1. The van der Waals surface area contributed by atoms with Crippen molar-refractivity contribution in [2.75, 3.05) is 13.2 Å². The van der Waals surface area contributed by atoms with E-state index in [0.29, 0.717) is 13.2 Å². The minimum Gasteiger partial charge on any atom is -0.384 e.